The largest absolute Gasteiger partial charge is 0.442 e. The summed E-state index contributed by atoms with van der Waals surface area (Å²) in [5.41, 5.74) is 0.813. The molecule has 1 atom stereocenters. The highest BCUT2D eigenvalue weighted by Gasteiger charge is 2.33. The van der Waals surface area contributed by atoms with Gasteiger partial charge in [0.1, 0.15) is 11.9 Å². The van der Waals surface area contributed by atoms with Gasteiger partial charge in [0.05, 0.1) is 29.5 Å². The number of cyclic esters (lactones) is 1. The Hall–Kier alpha value is -3.15. The average Bonchev–Trinajstić information content (AvgIpc) is 3.21. The van der Waals surface area contributed by atoms with Gasteiger partial charge in [0.2, 0.25) is 0 Å². The number of piperazine rings is 1. The number of carbonyl (C=O) groups is 3. The Morgan fingerprint density at radius 1 is 1.27 bits per heavy atom. The second-order valence-electron chi connectivity index (χ2n) is 7.60. The number of hydrogen-bond donors (Lipinski definition) is 2. The summed E-state index contributed by atoms with van der Waals surface area (Å²) < 4.78 is 25.0. The summed E-state index contributed by atoms with van der Waals surface area (Å²) in [6.45, 7) is 3.93. The molecular weight excluding hydrogens is 453 g/mol. The lowest BCUT2D eigenvalue weighted by atomic mass is 10.2. The van der Waals surface area contributed by atoms with Crippen LogP contribution in [0.25, 0.3) is 0 Å². The average molecular weight is 482 g/mol. The molecule has 2 N–H and O–H groups in total. The molecule has 12 heteroatoms. The van der Waals surface area contributed by atoms with Crippen molar-refractivity contribution in [1.29, 1.82) is 0 Å². The Balaban J connectivity index is 1.55. The molecular formula is C21H28FN5O5S. The van der Waals surface area contributed by atoms with Crippen LogP contribution in [0.15, 0.2) is 18.2 Å². The second-order valence-corrected chi connectivity index (χ2v) is 8.10. The van der Waals surface area contributed by atoms with Gasteiger partial charge in [-0.25, -0.2) is 14.0 Å². The highest BCUT2D eigenvalue weighted by Crippen LogP contribution is 2.28. The van der Waals surface area contributed by atoms with Crippen molar-refractivity contribution in [3.63, 3.8) is 0 Å². The highest BCUT2D eigenvalue weighted by atomic mass is 32.1. The third-order valence-corrected chi connectivity index (χ3v) is 5.90. The van der Waals surface area contributed by atoms with E-state index in [2.05, 4.69) is 10.6 Å². The molecule has 0 bridgehead atoms. The fourth-order valence-corrected chi connectivity index (χ4v) is 3.68. The third kappa shape index (κ3) is 6.21. The number of nitrogens with one attached hydrogen (secondary N) is 2. The molecule has 33 heavy (non-hydrogen) atoms. The normalized spacial score (nSPS) is 18.1. The zero-order chi connectivity index (χ0) is 24.0. The van der Waals surface area contributed by atoms with Gasteiger partial charge in [-0.3, -0.25) is 9.69 Å². The summed E-state index contributed by atoms with van der Waals surface area (Å²) in [4.78, 5) is 41.0. The van der Waals surface area contributed by atoms with E-state index in [0.29, 0.717) is 62.1 Å². The lowest BCUT2D eigenvalue weighted by molar-refractivity contribution is -0.134. The molecule has 0 unspecified atom stereocenters. The predicted molar refractivity (Wildman–Crippen MR) is 124 cm³/mol. The van der Waals surface area contributed by atoms with E-state index in [0.717, 1.165) is 0 Å². The van der Waals surface area contributed by atoms with Gasteiger partial charge in [-0.15, -0.1) is 0 Å². The quantitative estimate of drug-likeness (QED) is 0.565. The molecule has 0 spiro atoms. The number of nitrogens with zero attached hydrogens (tertiary/aromatic N) is 3. The van der Waals surface area contributed by atoms with E-state index in [1.54, 1.807) is 17.0 Å². The Kier molecular flexibility index (Phi) is 8.26. The number of halogens is 1. The van der Waals surface area contributed by atoms with Crippen molar-refractivity contribution in [1.82, 2.24) is 15.5 Å². The molecule has 0 aliphatic carbocycles. The van der Waals surface area contributed by atoms with Gasteiger partial charge in [-0.05, 0) is 24.6 Å². The molecule has 3 amide bonds. The van der Waals surface area contributed by atoms with E-state index in [1.165, 1.54) is 18.0 Å². The van der Waals surface area contributed by atoms with Crippen molar-refractivity contribution in [3.05, 3.63) is 24.0 Å². The fraction of sp³-hybridized carbons (Fsp3) is 0.524. The SMILES string of the molecule is CCC(=S)NC[C@H]1CN(c2ccc(N3CCN(C(=O)COC(=O)NC)CC3)c(F)c2)C(=O)O1. The van der Waals surface area contributed by atoms with E-state index in [9.17, 15) is 18.8 Å². The minimum Gasteiger partial charge on any atom is -0.442 e. The van der Waals surface area contributed by atoms with Gasteiger partial charge in [0.15, 0.2) is 6.61 Å². The minimum atomic E-state index is -0.668. The molecule has 0 saturated carbocycles. The first-order valence-corrected chi connectivity index (χ1v) is 11.1. The number of thiocarbonyl (C=S) groups is 1. The maximum Gasteiger partial charge on any atom is 0.414 e. The van der Waals surface area contributed by atoms with Crippen molar-refractivity contribution < 1.29 is 28.2 Å². The van der Waals surface area contributed by atoms with Crippen LogP contribution >= 0.6 is 12.2 Å². The number of hydrogen-bond acceptors (Lipinski definition) is 7. The lowest BCUT2D eigenvalue weighted by Gasteiger charge is -2.36. The Bertz CT molecular complexity index is 909. The fourth-order valence-electron chi connectivity index (χ4n) is 3.60. The molecule has 0 radical (unpaired) electrons. The van der Waals surface area contributed by atoms with Crippen molar-refractivity contribution >= 4 is 46.7 Å². The Morgan fingerprint density at radius 2 is 2.00 bits per heavy atom. The summed E-state index contributed by atoms with van der Waals surface area (Å²) in [6, 6.07) is 4.63. The summed E-state index contributed by atoms with van der Waals surface area (Å²) in [6.07, 6.45) is -0.860. The number of anilines is 2. The van der Waals surface area contributed by atoms with Crippen molar-refractivity contribution in [2.45, 2.75) is 19.4 Å². The number of amides is 3. The number of rotatable bonds is 7. The molecule has 10 nitrogen and oxygen atoms in total. The summed E-state index contributed by atoms with van der Waals surface area (Å²) in [7, 11) is 1.41. The molecule has 2 heterocycles. The monoisotopic (exact) mass is 481 g/mol. The maximum absolute atomic E-state index is 14.9. The zero-order valence-corrected chi connectivity index (χ0v) is 19.5. The topological polar surface area (TPSA) is 103 Å². The summed E-state index contributed by atoms with van der Waals surface area (Å²) >= 11 is 5.12. The predicted octanol–water partition coefficient (Wildman–Crippen LogP) is 1.48. The van der Waals surface area contributed by atoms with Gasteiger partial charge in [-0.2, -0.15) is 0 Å². The van der Waals surface area contributed by atoms with Crippen LogP contribution in [0.2, 0.25) is 0 Å². The number of alkyl carbamates (subject to hydrolysis) is 1. The van der Waals surface area contributed by atoms with E-state index in [4.69, 9.17) is 21.7 Å². The third-order valence-electron chi connectivity index (χ3n) is 5.47. The first-order valence-electron chi connectivity index (χ1n) is 10.7. The molecule has 180 valence electrons. The molecule has 2 saturated heterocycles. The highest BCUT2D eigenvalue weighted by molar-refractivity contribution is 7.80. The molecule has 0 aromatic heterocycles. The first kappa shape index (κ1) is 24.5. The maximum atomic E-state index is 14.9. The van der Waals surface area contributed by atoms with Crippen LogP contribution in [0, 0.1) is 5.82 Å². The minimum absolute atomic E-state index is 0.301. The van der Waals surface area contributed by atoms with Crippen LogP contribution in [0.3, 0.4) is 0 Å². The second kappa shape index (κ2) is 11.1. The van der Waals surface area contributed by atoms with E-state index in [-0.39, 0.29) is 18.6 Å². The molecule has 2 aliphatic rings. The molecule has 1 aromatic rings. The Morgan fingerprint density at radius 3 is 2.64 bits per heavy atom. The van der Waals surface area contributed by atoms with Crippen LogP contribution in [0.4, 0.5) is 25.4 Å². The van der Waals surface area contributed by atoms with Crippen LogP contribution in [-0.4, -0.2) is 87.0 Å². The van der Waals surface area contributed by atoms with Crippen molar-refractivity contribution in [3.8, 4) is 0 Å². The van der Waals surface area contributed by atoms with Crippen molar-refractivity contribution in [2.75, 3.05) is 62.7 Å². The van der Waals surface area contributed by atoms with E-state index >= 15 is 0 Å². The molecule has 2 aliphatic heterocycles. The molecule has 3 rings (SSSR count). The van der Waals surface area contributed by atoms with Gasteiger partial charge < -0.3 is 29.9 Å². The molecule has 2 fully saturated rings. The van der Waals surface area contributed by atoms with Gasteiger partial charge >= 0.3 is 12.2 Å². The van der Waals surface area contributed by atoms with Gasteiger partial charge in [0, 0.05) is 33.2 Å². The van der Waals surface area contributed by atoms with Crippen LogP contribution in [0.5, 0.6) is 0 Å². The van der Waals surface area contributed by atoms with Crippen LogP contribution in [-0.2, 0) is 14.3 Å². The smallest absolute Gasteiger partial charge is 0.414 e. The van der Waals surface area contributed by atoms with E-state index in [1.807, 2.05) is 11.8 Å². The number of carbonyl (C=O) groups excluding carboxylic acids is 3. The van der Waals surface area contributed by atoms with Gasteiger partial charge in [-0.1, -0.05) is 19.1 Å². The summed E-state index contributed by atoms with van der Waals surface area (Å²) in [5.74, 6) is -0.762. The molecule has 1 aromatic carbocycles. The van der Waals surface area contributed by atoms with Gasteiger partial charge in [0.25, 0.3) is 5.91 Å². The Labute approximate surface area is 197 Å². The van der Waals surface area contributed by atoms with Crippen LogP contribution < -0.4 is 20.4 Å². The lowest BCUT2D eigenvalue weighted by Crippen LogP contribution is -2.50. The first-order chi connectivity index (χ1) is 15.8. The van der Waals surface area contributed by atoms with Crippen molar-refractivity contribution in [2.24, 2.45) is 0 Å². The zero-order valence-electron chi connectivity index (χ0n) is 18.6. The standard InChI is InChI=1S/C21H28FN5O5S/c1-3-18(33)24-11-15-12-27(21(30)32-15)14-4-5-17(16(22)10-14)25-6-8-26(9-7-25)19(28)13-31-20(29)23-2/h4-5,10,15H,3,6-9,11-13H2,1-2H3,(H,23,29)(H,24,33)/t15-/m0/s1. The number of benzene rings is 1. The van der Waals surface area contributed by atoms with E-state index < -0.39 is 18.0 Å². The van der Waals surface area contributed by atoms with Crippen LogP contribution in [0.1, 0.15) is 13.3 Å². The number of ether oxygens (including phenoxy) is 2. The summed E-state index contributed by atoms with van der Waals surface area (Å²) in [5, 5.41) is 5.33.